The molecule has 4 heterocycles. The van der Waals surface area contributed by atoms with Gasteiger partial charge in [0.25, 0.3) is 0 Å². The van der Waals surface area contributed by atoms with Crippen LogP contribution in [0.25, 0.3) is 0 Å². The summed E-state index contributed by atoms with van der Waals surface area (Å²) in [7, 11) is 0. The zero-order valence-electron chi connectivity index (χ0n) is 20.8. The van der Waals surface area contributed by atoms with Crippen molar-refractivity contribution in [3.05, 3.63) is 83.8 Å². The van der Waals surface area contributed by atoms with Crippen LogP contribution in [-0.2, 0) is 12.1 Å². The highest BCUT2D eigenvalue weighted by Gasteiger charge is 2.49. The predicted octanol–water partition coefficient (Wildman–Crippen LogP) is 5.82. The Kier molecular flexibility index (Phi) is 6.34. The first-order chi connectivity index (χ1) is 17.5. The molecule has 3 aromatic rings. The Bertz CT molecular complexity index is 1150. The van der Waals surface area contributed by atoms with Crippen LogP contribution in [0.15, 0.2) is 65.2 Å². The molecule has 3 saturated heterocycles. The minimum atomic E-state index is -1.21. The molecular formula is C30H36FN2O3+. The Morgan fingerprint density at radius 3 is 2.42 bits per heavy atom. The smallest absolute Gasteiger partial charge is 0.231 e. The van der Waals surface area contributed by atoms with Crippen molar-refractivity contribution in [1.82, 2.24) is 4.98 Å². The van der Waals surface area contributed by atoms with Gasteiger partial charge in [-0.3, -0.25) is 0 Å². The number of nitrogens with zero attached hydrogens (tertiary/aromatic N) is 2. The lowest BCUT2D eigenvalue weighted by Crippen LogP contribution is -2.64. The molecular weight excluding hydrogens is 455 g/mol. The number of aliphatic hydroxyl groups is 1. The van der Waals surface area contributed by atoms with Gasteiger partial charge in [0.2, 0.25) is 5.89 Å². The van der Waals surface area contributed by atoms with Gasteiger partial charge in [-0.1, -0.05) is 49.6 Å². The summed E-state index contributed by atoms with van der Waals surface area (Å²) in [6, 6.07) is 16.3. The van der Waals surface area contributed by atoms with Gasteiger partial charge in [0.15, 0.2) is 17.5 Å². The average Bonchev–Trinajstić information content (AvgIpc) is 3.39. The number of oxazole rings is 1. The van der Waals surface area contributed by atoms with Crippen LogP contribution < -0.4 is 4.74 Å². The molecule has 2 atom stereocenters. The number of piperidine rings is 3. The average molecular weight is 492 g/mol. The van der Waals surface area contributed by atoms with Crippen LogP contribution in [0.3, 0.4) is 0 Å². The van der Waals surface area contributed by atoms with Crippen LogP contribution in [0.5, 0.6) is 5.75 Å². The molecule has 0 spiro atoms. The number of aromatic nitrogens is 1. The van der Waals surface area contributed by atoms with Gasteiger partial charge in [0, 0.05) is 24.7 Å². The summed E-state index contributed by atoms with van der Waals surface area (Å²) in [5.41, 5.74) is -0.341. The van der Waals surface area contributed by atoms with E-state index in [1.54, 1.807) is 12.1 Å². The van der Waals surface area contributed by atoms with Crippen molar-refractivity contribution in [3.8, 4) is 5.75 Å². The maximum absolute atomic E-state index is 13.3. The standard InChI is InChI=1S/C30H36FN2O3/c31-25-11-13-26(14-12-25)35-28-21-33(17-15-22(28)16-18-33)20-27-19-32-29(36-27)30(34,23-7-3-1-4-8-23)24-9-5-2-6-10-24/h1,3-4,7-8,11-14,19,22,24,28,34H,2,5-6,9-10,15-18,20-21H2/q+1/t22?,28?,30-,33?/m0/s1. The number of hydrogen-bond acceptors (Lipinski definition) is 4. The van der Waals surface area contributed by atoms with Crippen molar-refractivity contribution in [3.63, 3.8) is 0 Å². The highest BCUT2D eigenvalue weighted by molar-refractivity contribution is 5.30. The molecule has 7 rings (SSSR count). The van der Waals surface area contributed by atoms with Gasteiger partial charge >= 0.3 is 0 Å². The van der Waals surface area contributed by atoms with Gasteiger partial charge in [-0.25, -0.2) is 9.37 Å². The number of rotatable bonds is 7. The van der Waals surface area contributed by atoms with E-state index in [1.165, 1.54) is 18.6 Å². The second-order valence-electron chi connectivity index (χ2n) is 11.2. The van der Waals surface area contributed by atoms with Crippen molar-refractivity contribution < 1.29 is 23.1 Å². The van der Waals surface area contributed by atoms with Crippen molar-refractivity contribution in [2.75, 3.05) is 19.6 Å². The Balaban J connectivity index is 1.23. The summed E-state index contributed by atoms with van der Waals surface area (Å²) in [5, 5.41) is 12.1. The summed E-state index contributed by atoms with van der Waals surface area (Å²) in [6.45, 7) is 3.84. The van der Waals surface area contributed by atoms with Crippen LogP contribution in [0, 0.1) is 17.7 Å². The molecule has 2 bridgehead atoms. The second-order valence-corrected chi connectivity index (χ2v) is 11.2. The molecule has 1 saturated carbocycles. The molecule has 4 aliphatic rings. The highest BCUT2D eigenvalue weighted by atomic mass is 19.1. The van der Waals surface area contributed by atoms with Gasteiger partial charge in [0.1, 0.15) is 24.7 Å². The van der Waals surface area contributed by atoms with Crippen LogP contribution in [0.1, 0.15) is 62.2 Å². The Morgan fingerprint density at radius 2 is 1.69 bits per heavy atom. The van der Waals surface area contributed by atoms with E-state index in [2.05, 4.69) is 4.98 Å². The predicted molar refractivity (Wildman–Crippen MR) is 135 cm³/mol. The summed E-state index contributed by atoms with van der Waals surface area (Å²) >= 11 is 0. The van der Waals surface area contributed by atoms with Crippen LogP contribution in [0.2, 0.25) is 0 Å². The Labute approximate surface area is 212 Å². The molecule has 4 fully saturated rings. The van der Waals surface area contributed by atoms with E-state index < -0.39 is 5.60 Å². The zero-order valence-corrected chi connectivity index (χ0v) is 20.8. The molecule has 5 nitrogen and oxygen atoms in total. The topological polar surface area (TPSA) is 55.5 Å². The number of quaternary nitrogens is 1. The fourth-order valence-electron chi connectivity index (χ4n) is 6.90. The monoisotopic (exact) mass is 491 g/mol. The first-order valence-corrected chi connectivity index (χ1v) is 13.5. The maximum atomic E-state index is 13.3. The van der Waals surface area contributed by atoms with E-state index in [-0.39, 0.29) is 17.8 Å². The van der Waals surface area contributed by atoms with Crippen molar-refractivity contribution >= 4 is 0 Å². The molecule has 1 N–H and O–H groups in total. The third-order valence-corrected chi connectivity index (χ3v) is 8.92. The minimum Gasteiger partial charge on any atom is -0.484 e. The largest absolute Gasteiger partial charge is 0.484 e. The number of benzene rings is 2. The van der Waals surface area contributed by atoms with Crippen LogP contribution >= 0.6 is 0 Å². The molecule has 36 heavy (non-hydrogen) atoms. The molecule has 1 unspecified atom stereocenters. The normalized spacial score (nSPS) is 28.1. The first kappa shape index (κ1) is 23.7. The fourth-order valence-corrected chi connectivity index (χ4v) is 6.90. The summed E-state index contributed by atoms with van der Waals surface area (Å²) in [6.07, 6.45) is 9.61. The lowest BCUT2D eigenvalue weighted by Gasteiger charge is -2.51. The molecule has 190 valence electrons. The number of halogens is 1. The van der Waals surface area contributed by atoms with E-state index in [9.17, 15) is 9.50 Å². The van der Waals surface area contributed by atoms with Crippen LogP contribution in [0.4, 0.5) is 4.39 Å². The maximum Gasteiger partial charge on any atom is 0.231 e. The highest BCUT2D eigenvalue weighted by Crippen LogP contribution is 2.44. The SMILES string of the molecule is O[C@](c1ccccc1)(c1ncc(C[N+]23CCC(CC2)C(Oc2ccc(F)cc2)C3)o1)C1CCCCC1. The molecule has 0 radical (unpaired) electrons. The summed E-state index contributed by atoms with van der Waals surface area (Å²) in [5.74, 6) is 2.39. The molecule has 0 amide bonds. The molecule has 1 aromatic heterocycles. The third kappa shape index (κ3) is 4.46. The molecule has 6 heteroatoms. The van der Waals surface area contributed by atoms with E-state index in [0.717, 1.165) is 86.3 Å². The molecule has 3 aliphatic heterocycles. The van der Waals surface area contributed by atoms with Crippen LogP contribution in [-0.4, -0.2) is 40.3 Å². The third-order valence-electron chi connectivity index (χ3n) is 8.92. The Morgan fingerprint density at radius 1 is 0.972 bits per heavy atom. The van der Waals surface area contributed by atoms with E-state index in [0.29, 0.717) is 11.8 Å². The minimum absolute atomic E-state index is 0.103. The summed E-state index contributed by atoms with van der Waals surface area (Å²) in [4.78, 5) is 4.69. The molecule has 2 aromatic carbocycles. The van der Waals surface area contributed by atoms with E-state index in [1.807, 2.05) is 36.5 Å². The number of ether oxygens (including phenoxy) is 1. The first-order valence-electron chi connectivity index (χ1n) is 13.5. The van der Waals surface area contributed by atoms with Crippen molar-refractivity contribution in [2.45, 2.75) is 63.2 Å². The Hall–Kier alpha value is -2.70. The van der Waals surface area contributed by atoms with Gasteiger partial charge < -0.3 is 18.7 Å². The van der Waals surface area contributed by atoms with E-state index in [4.69, 9.17) is 9.15 Å². The second kappa shape index (κ2) is 9.64. The van der Waals surface area contributed by atoms with E-state index >= 15 is 0 Å². The van der Waals surface area contributed by atoms with Gasteiger partial charge in [0.05, 0.1) is 19.3 Å². The van der Waals surface area contributed by atoms with Crippen molar-refractivity contribution in [1.29, 1.82) is 0 Å². The molecule has 1 aliphatic carbocycles. The van der Waals surface area contributed by atoms with Gasteiger partial charge in [-0.15, -0.1) is 0 Å². The number of hydrogen-bond donors (Lipinski definition) is 1. The lowest BCUT2D eigenvalue weighted by atomic mass is 9.73. The van der Waals surface area contributed by atoms with Crippen molar-refractivity contribution in [2.24, 2.45) is 11.8 Å². The summed E-state index contributed by atoms with van der Waals surface area (Å²) < 4.78 is 27.0. The van der Waals surface area contributed by atoms with Gasteiger partial charge in [-0.2, -0.15) is 0 Å². The fraction of sp³-hybridized carbons (Fsp3) is 0.500. The van der Waals surface area contributed by atoms with Gasteiger partial charge in [-0.05, 0) is 42.7 Å². The lowest BCUT2D eigenvalue weighted by molar-refractivity contribution is -0.958. The quantitative estimate of drug-likeness (QED) is 0.423. The number of fused-ring (bicyclic) bond motifs is 3. The zero-order chi connectivity index (χ0) is 24.6.